The van der Waals surface area contributed by atoms with E-state index in [9.17, 15) is 5.11 Å². The summed E-state index contributed by atoms with van der Waals surface area (Å²) >= 11 is 0. The average molecular weight is 472 g/mol. The van der Waals surface area contributed by atoms with E-state index in [-0.39, 0.29) is 5.76 Å². The van der Waals surface area contributed by atoms with Crippen LogP contribution in [0.2, 0.25) is 0 Å². The minimum atomic E-state index is 0.116. The van der Waals surface area contributed by atoms with Crippen LogP contribution in [0.15, 0.2) is 77.6 Å². The largest absolute Gasteiger partial charge is 0.513 e. The van der Waals surface area contributed by atoms with Crippen molar-refractivity contribution in [1.29, 1.82) is 0 Å². The molecular formula is C30H33NO4. The minimum Gasteiger partial charge on any atom is -0.513 e. The number of allylic oxidation sites excluding steroid dienone is 1. The third-order valence-electron chi connectivity index (χ3n) is 5.99. The fraction of sp³-hybridized carbons (Fsp3) is 0.267. The maximum absolute atomic E-state index is 9.48. The van der Waals surface area contributed by atoms with Gasteiger partial charge in [0.2, 0.25) is 0 Å². The first-order valence-corrected chi connectivity index (χ1v) is 11.9. The Labute approximate surface area is 207 Å². The number of aryl methyl sites for hydroxylation is 2. The Bertz CT molecular complexity index is 1300. The second kappa shape index (κ2) is 11.2. The first-order chi connectivity index (χ1) is 16.9. The maximum atomic E-state index is 9.48. The molecule has 0 aliphatic rings. The van der Waals surface area contributed by atoms with Gasteiger partial charge in [0.25, 0.3) is 0 Å². The summed E-state index contributed by atoms with van der Waals surface area (Å²) in [5.74, 6) is 1.77. The molecule has 5 heteroatoms. The normalized spacial score (nSPS) is 11.1. The van der Waals surface area contributed by atoms with Crippen molar-refractivity contribution in [2.75, 3.05) is 20.2 Å². The van der Waals surface area contributed by atoms with Crippen LogP contribution < -0.4 is 14.8 Å². The third-order valence-corrected chi connectivity index (χ3v) is 5.99. The van der Waals surface area contributed by atoms with E-state index in [0.29, 0.717) is 19.6 Å². The quantitative estimate of drug-likeness (QED) is 0.184. The van der Waals surface area contributed by atoms with Gasteiger partial charge in [-0.15, -0.1) is 0 Å². The Hall–Kier alpha value is -3.70. The smallest absolute Gasteiger partial charge is 0.137 e. The predicted molar refractivity (Wildman–Crippen MR) is 141 cm³/mol. The lowest BCUT2D eigenvalue weighted by Gasteiger charge is -2.15. The summed E-state index contributed by atoms with van der Waals surface area (Å²) in [6, 6.07) is 18.5. The third kappa shape index (κ3) is 6.06. The van der Waals surface area contributed by atoms with Gasteiger partial charge in [-0.2, -0.15) is 0 Å². The molecule has 0 amide bonds. The van der Waals surface area contributed by atoms with Crippen LogP contribution in [0.3, 0.4) is 0 Å². The molecule has 4 aromatic rings. The first-order valence-electron chi connectivity index (χ1n) is 11.9. The van der Waals surface area contributed by atoms with Crippen LogP contribution in [0.5, 0.6) is 11.5 Å². The van der Waals surface area contributed by atoms with E-state index in [2.05, 4.69) is 62.1 Å². The highest BCUT2D eigenvalue weighted by Gasteiger charge is 2.11. The van der Waals surface area contributed by atoms with Crippen molar-refractivity contribution < 1.29 is 19.0 Å². The van der Waals surface area contributed by atoms with Gasteiger partial charge in [0.1, 0.15) is 23.7 Å². The predicted octanol–water partition coefficient (Wildman–Crippen LogP) is 6.90. The van der Waals surface area contributed by atoms with Gasteiger partial charge >= 0.3 is 0 Å². The lowest BCUT2D eigenvalue weighted by molar-refractivity contribution is 0.306. The molecule has 0 fully saturated rings. The Morgan fingerprint density at radius 2 is 1.80 bits per heavy atom. The van der Waals surface area contributed by atoms with E-state index in [1.807, 2.05) is 25.2 Å². The number of rotatable bonds is 11. The molecular weight excluding hydrogens is 438 g/mol. The van der Waals surface area contributed by atoms with Crippen LogP contribution in [-0.4, -0.2) is 25.3 Å². The molecule has 0 saturated heterocycles. The summed E-state index contributed by atoms with van der Waals surface area (Å²) in [6.07, 6.45) is 3.01. The highest BCUT2D eigenvalue weighted by Crippen LogP contribution is 2.32. The molecule has 0 aliphatic carbocycles. The molecule has 0 atom stereocenters. The molecule has 5 nitrogen and oxygen atoms in total. The Kier molecular flexibility index (Phi) is 7.78. The highest BCUT2D eigenvalue weighted by atomic mass is 16.5. The number of aliphatic hydroxyl groups excluding tert-OH is 1. The van der Waals surface area contributed by atoms with Crippen molar-refractivity contribution in [3.63, 3.8) is 0 Å². The van der Waals surface area contributed by atoms with Gasteiger partial charge in [-0.3, -0.25) is 0 Å². The van der Waals surface area contributed by atoms with Crippen LogP contribution in [0.4, 0.5) is 0 Å². The standard InChI is InChI=1S/C30H33NO4/c1-20-13-27(33-12-6-11-31-4)14-21(2)30(20)24-8-5-7-23(16-24)18-34-26-9-10-28-25(15-22(3)32)19-35-29(28)17-26/h5,7-10,13-14,16-17,19,31-32H,3,6,11-12,15,18H2,1-2,4H3. The number of hydrogen-bond acceptors (Lipinski definition) is 5. The number of nitrogens with one attached hydrogen (secondary N) is 1. The van der Waals surface area contributed by atoms with Crippen molar-refractivity contribution >= 4 is 11.0 Å². The highest BCUT2D eigenvalue weighted by molar-refractivity contribution is 5.82. The second-order valence-corrected chi connectivity index (χ2v) is 8.89. The molecule has 3 aromatic carbocycles. The number of furan rings is 1. The van der Waals surface area contributed by atoms with Gasteiger partial charge in [0.05, 0.1) is 18.6 Å². The van der Waals surface area contributed by atoms with Crippen molar-refractivity contribution in [2.45, 2.75) is 33.3 Å². The van der Waals surface area contributed by atoms with Crippen molar-refractivity contribution in [3.05, 3.63) is 95.5 Å². The molecule has 35 heavy (non-hydrogen) atoms. The minimum absolute atomic E-state index is 0.116. The number of ether oxygens (including phenoxy) is 2. The van der Waals surface area contributed by atoms with E-state index >= 15 is 0 Å². The van der Waals surface area contributed by atoms with Crippen LogP contribution in [0.1, 0.15) is 28.7 Å². The van der Waals surface area contributed by atoms with Gasteiger partial charge in [0.15, 0.2) is 0 Å². The lowest BCUT2D eigenvalue weighted by Crippen LogP contribution is -2.11. The number of hydrogen-bond donors (Lipinski definition) is 2. The number of fused-ring (bicyclic) bond motifs is 1. The monoisotopic (exact) mass is 471 g/mol. The summed E-state index contributed by atoms with van der Waals surface area (Å²) in [5, 5.41) is 13.6. The molecule has 0 saturated carbocycles. The van der Waals surface area contributed by atoms with E-state index in [0.717, 1.165) is 52.1 Å². The molecule has 4 rings (SSSR count). The van der Waals surface area contributed by atoms with Crippen LogP contribution in [0, 0.1) is 13.8 Å². The molecule has 0 unspecified atom stereocenters. The molecule has 1 heterocycles. The molecule has 0 bridgehead atoms. The molecule has 0 spiro atoms. The molecule has 182 valence electrons. The topological polar surface area (TPSA) is 63.9 Å². The van der Waals surface area contributed by atoms with E-state index in [1.165, 1.54) is 16.7 Å². The Morgan fingerprint density at radius 1 is 1.00 bits per heavy atom. The van der Waals surface area contributed by atoms with Crippen LogP contribution in [-0.2, 0) is 13.0 Å². The van der Waals surface area contributed by atoms with Crippen molar-refractivity contribution in [1.82, 2.24) is 5.32 Å². The zero-order valence-electron chi connectivity index (χ0n) is 20.7. The zero-order chi connectivity index (χ0) is 24.8. The van der Waals surface area contributed by atoms with Crippen molar-refractivity contribution in [2.24, 2.45) is 0 Å². The van der Waals surface area contributed by atoms with Crippen LogP contribution in [0.25, 0.3) is 22.1 Å². The van der Waals surface area contributed by atoms with E-state index in [1.54, 1.807) is 6.26 Å². The van der Waals surface area contributed by atoms with E-state index in [4.69, 9.17) is 13.9 Å². The van der Waals surface area contributed by atoms with Gasteiger partial charge in [-0.1, -0.05) is 24.8 Å². The SMILES string of the molecule is C=C(O)Cc1coc2cc(OCc3cccc(-c4c(C)cc(OCCCNC)cc4C)c3)ccc12. The summed E-state index contributed by atoms with van der Waals surface area (Å²) in [4.78, 5) is 0. The summed E-state index contributed by atoms with van der Waals surface area (Å²) < 4.78 is 17.7. The van der Waals surface area contributed by atoms with Gasteiger partial charge in [-0.25, -0.2) is 0 Å². The Morgan fingerprint density at radius 3 is 2.54 bits per heavy atom. The maximum Gasteiger partial charge on any atom is 0.137 e. The second-order valence-electron chi connectivity index (χ2n) is 8.89. The van der Waals surface area contributed by atoms with Gasteiger partial charge in [0, 0.05) is 23.4 Å². The zero-order valence-corrected chi connectivity index (χ0v) is 20.7. The molecule has 0 aliphatic heterocycles. The number of benzene rings is 3. The summed E-state index contributed by atoms with van der Waals surface area (Å²) in [7, 11) is 1.95. The molecule has 0 radical (unpaired) electrons. The fourth-order valence-electron chi connectivity index (χ4n) is 4.39. The van der Waals surface area contributed by atoms with Crippen LogP contribution >= 0.6 is 0 Å². The average Bonchev–Trinajstić information content (AvgIpc) is 3.22. The summed E-state index contributed by atoms with van der Waals surface area (Å²) in [6.45, 7) is 9.92. The number of aliphatic hydroxyl groups is 1. The Balaban J connectivity index is 1.46. The van der Waals surface area contributed by atoms with Gasteiger partial charge in [-0.05, 0) is 92.0 Å². The summed E-state index contributed by atoms with van der Waals surface area (Å²) in [5.41, 5.74) is 7.50. The fourth-order valence-corrected chi connectivity index (χ4v) is 4.39. The van der Waals surface area contributed by atoms with Crippen molar-refractivity contribution in [3.8, 4) is 22.6 Å². The molecule has 2 N–H and O–H groups in total. The lowest BCUT2D eigenvalue weighted by atomic mass is 9.94. The van der Waals surface area contributed by atoms with E-state index < -0.39 is 0 Å². The first kappa shape index (κ1) is 24.4. The van der Waals surface area contributed by atoms with Gasteiger partial charge < -0.3 is 24.3 Å². The molecule has 1 aromatic heterocycles.